The van der Waals surface area contributed by atoms with Gasteiger partial charge in [0.25, 0.3) is 0 Å². The molecule has 1 unspecified atom stereocenters. The minimum absolute atomic E-state index is 0.140. The molecule has 2 aliphatic carbocycles. The molecule has 0 aromatic rings. The predicted octanol–water partition coefficient (Wildman–Crippen LogP) is 1.80. The smallest absolute Gasteiger partial charge is 0.0957 e. The van der Waals surface area contributed by atoms with Gasteiger partial charge in [0.05, 0.1) is 23.5 Å². The van der Waals surface area contributed by atoms with E-state index in [0.717, 1.165) is 36.2 Å². The van der Waals surface area contributed by atoms with Crippen molar-refractivity contribution in [2.45, 2.75) is 38.3 Å². The van der Waals surface area contributed by atoms with Crippen LogP contribution in [0.1, 0.15) is 26.2 Å². The minimum Gasteiger partial charge on any atom is -0.404 e. The molecule has 5 nitrogen and oxygen atoms in total. The van der Waals surface area contributed by atoms with Crippen molar-refractivity contribution in [3.63, 3.8) is 0 Å². The van der Waals surface area contributed by atoms with E-state index in [1.807, 2.05) is 6.08 Å². The molecule has 3 N–H and O–H groups in total. The molecule has 0 amide bonds. The highest BCUT2D eigenvalue weighted by Gasteiger charge is 2.27. The van der Waals surface area contributed by atoms with E-state index in [4.69, 9.17) is 10.8 Å². The second kappa shape index (κ2) is 6.40. The van der Waals surface area contributed by atoms with Gasteiger partial charge in [-0.15, -0.1) is 0 Å². The lowest BCUT2D eigenvalue weighted by Crippen LogP contribution is -2.30. The van der Waals surface area contributed by atoms with Crippen LogP contribution in [-0.4, -0.2) is 41.9 Å². The van der Waals surface area contributed by atoms with E-state index in [9.17, 15) is 0 Å². The second-order valence-electron chi connectivity index (χ2n) is 6.17. The molecule has 1 aliphatic heterocycles. The molecule has 1 atom stereocenters. The highest BCUT2D eigenvalue weighted by molar-refractivity contribution is 6.44. The Bertz CT molecular complexity index is 619. The minimum atomic E-state index is 0.140. The molecular formula is C17H22N4O. The maximum absolute atomic E-state index is 9.03. The van der Waals surface area contributed by atoms with Gasteiger partial charge in [-0.2, -0.15) is 0 Å². The Labute approximate surface area is 130 Å². The Morgan fingerprint density at radius 2 is 2.27 bits per heavy atom. The first-order valence-corrected chi connectivity index (χ1v) is 7.75. The third kappa shape index (κ3) is 3.09. The van der Waals surface area contributed by atoms with Crippen LogP contribution in [0.3, 0.4) is 0 Å². The summed E-state index contributed by atoms with van der Waals surface area (Å²) in [6.45, 7) is 2.37. The topological polar surface area (TPSA) is 83.3 Å². The van der Waals surface area contributed by atoms with Crippen molar-refractivity contribution in [2.24, 2.45) is 26.6 Å². The van der Waals surface area contributed by atoms with Crippen molar-refractivity contribution in [1.82, 2.24) is 0 Å². The van der Waals surface area contributed by atoms with E-state index in [1.54, 1.807) is 12.4 Å². The van der Waals surface area contributed by atoms with Crippen LogP contribution >= 0.6 is 0 Å². The third-order valence-electron chi connectivity index (χ3n) is 4.39. The standard InChI is InChI=1S/C17H22N4O/c1-11-2-3-15-16(4-11)20-9-17(21-15)13(7-18)8-19-14-5-12(6-14)10-22/h2-3,7-9,12,14,16,22H,4-6,10,18H2,1H3. The van der Waals surface area contributed by atoms with E-state index in [2.05, 4.69) is 28.0 Å². The normalized spacial score (nSPS) is 31.3. The van der Waals surface area contributed by atoms with Gasteiger partial charge in [0.15, 0.2) is 0 Å². The van der Waals surface area contributed by atoms with E-state index in [-0.39, 0.29) is 12.6 Å². The summed E-state index contributed by atoms with van der Waals surface area (Å²) >= 11 is 0. The summed E-state index contributed by atoms with van der Waals surface area (Å²) < 4.78 is 0. The summed E-state index contributed by atoms with van der Waals surface area (Å²) in [5.41, 5.74) is 9.59. The maximum atomic E-state index is 9.03. The van der Waals surface area contributed by atoms with Crippen LogP contribution in [-0.2, 0) is 0 Å². The second-order valence-corrected chi connectivity index (χ2v) is 6.17. The van der Waals surface area contributed by atoms with Crippen LogP contribution in [0.2, 0.25) is 0 Å². The molecule has 1 heterocycles. The molecule has 116 valence electrons. The van der Waals surface area contributed by atoms with E-state index in [1.165, 1.54) is 11.8 Å². The molecule has 0 bridgehead atoms. The Morgan fingerprint density at radius 3 is 3.00 bits per heavy atom. The zero-order valence-corrected chi connectivity index (χ0v) is 12.8. The summed E-state index contributed by atoms with van der Waals surface area (Å²) in [7, 11) is 0. The van der Waals surface area contributed by atoms with Crippen molar-refractivity contribution in [3.05, 3.63) is 35.2 Å². The number of nitrogens with zero attached hydrogens (tertiary/aromatic N) is 3. The van der Waals surface area contributed by atoms with Crippen LogP contribution in [0, 0.1) is 5.92 Å². The molecule has 22 heavy (non-hydrogen) atoms. The monoisotopic (exact) mass is 298 g/mol. The van der Waals surface area contributed by atoms with Gasteiger partial charge in [0.2, 0.25) is 0 Å². The average molecular weight is 298 g/mol. The van der Waals surface area contributed by atoms with Crippen molar-refractivity contribution >= 4 is 18.1 Å². The SMILES string of the molecule is CC1=CC=C2N=C(C(C=NC3CC(CO)C3)=CN)C=NC2C1. The van der Waals surface area contributed by atoms with Gasteiger partial charge < -0.3 is 10.8 Å². The first-order chi connectivity index (χ1) is 10.7. The van der Waals surface area contributed by atoms with Crippen molar-refractivity contribution < 1.29 is 5.11 Å². The van der Waals surface area contributed by atoms with Gasteiger partial charge in [0, 0.05) is 30.8 Å². The van der Waals surface area contributed by atoms with Gasteiger partial charge in [-0.05, 0) is 38.2 Å². The van der Waals surface area contributed by atoms with E-state index < -0.39 is 0 Å². The number of aliphatic hydroxyl groups is 1. The zero-order chi connectivity index (χ0) is 15.5. The molecule has 5 heteroatoms. The number of hydrogen-bond acceptors (Lipinski definition) is 5. The summed E-state index contributed by atoms with van der Waals surface area (Å²) in [5.74, 6) is 0.407. The van der Waals surface area contributed by atoms with Gasteiger partial charge in [0.1, 0.15) is 0 Å². The fourth-order valence-electron chi connectivity index (χ4n) is 2.88. The molecule has 0 radical (unpaired) electrons. The molecular weight excluding hydrogens is 276 g/mol. The number of aliphatic imine (C=N–C) groups is 3. The Balaban J connectivity index is 1.70. The number of fused-ring (bicyclic) bond motifs is 1. The van der Waals surface area contributed by atoms with Crippen LogP contribution in [0.5, 0.6) is 0 Å². The first kappa shape index (κ1) is 14.9. The molecule has 1 fully saturated rings. The molecule has 0 aromatic carbocycles. The number of allylic oxidation sites excluding steroid dienone is 3. The Morgan fingerprint density at radius 1 is 1.45 bits per heavy atom. The van der Waals surface area contributed by atoms with Crippen molar-refractivity contribution in [2.75, 3.05) is 6.61 Å². The van der Waals surface area contributed by atoms with Crippen molar-refractivity contribution in [3.8, 4) is 0 Å². The summed E-state index contributed by atoms with van der Waals surface area (Å²) in [6.07, 6.45) is 12.1. The fourth-order valence-corrected chi connectivity index (χ4v) is 2.88. The third-order valence-corrected chi connectivity index (χ3v) is 4.39. The number of rotatable bonds is 4. The quantitative estimate of drug-likeness (QED) is 0.776. The van der Waals surface area contributed by atoms with E-state index in [0.29, 0.717) is 12.0 Å². The van der Waals surface area contributed by atoms with E-state index >= 15 is 0 Å². The van der Waals surface area contributed by atoms with Gasteiger partial charge >= 0.3 is 0 Å². The number of nitrogens with two attached hydrogens (primary N) is 1. The lowest BCUT2D eigenvalue weighted by atomic mass is 9.81. The number of hydrogen-bond donors (Lipinski definition) is 2. The van der Waals surface area contributed by atoms with Crippen LogP contribution in [0.15, 0.2) is 50.2 Å². The predicted molar refractivity (Wildman–Crippen MR) is 90.5 cm³/mol. The highest BCUT2D eigenvalue weighted by Crippen LogP contribution is 2.29. The molecule has 3 aliphatic rings. The zero-order valence-electron chi connectivity index (χ0n) is 12.8. The Kier molecular flexibility index (Phi) is 4.34. The number of aliphatic hydroxyl groups excluding tert-OH is 1. The summed E-state index contributed by atoms with van der Waals surface area (Å²) in [4.78, 5) is 13.8. The van der Waals surface area contributed by atoms with Crippen molar-refractivity contribution in [1.29, 1.82) is 0 Å². The summed E-state index contributed by atoms with van der Waals surface area (Å²) in [6, 6.07) is 0.433. The van der Waals surface area contributed by atoms with Gasteiger partial charge in [-0.3, -0.25) is 9.98 Å². The highest BCUT2D eigenvalue weighted by atomic mass is 16.3. The van der Waals surface area contributed by atoms with Crippen LogP contribution < -0.4 is 5.73 Å². The summed E-state index contributed by atoms with van der Waals surface area (Å²) in [5, 5.41) is 9.03. The molecule has 1 saturated carbocycles. The van der Waals surface area contributed by atoms with Crippen LogP contribution in [0.25, 0.3) is 0 Å². The molecule has 0 saturated heterocycles. The lowest BCUT2D eigenvalue weighted by Gasteiger charge is -2.30. The fraction of sp³-hybridized carbons (Fsp3) is 0.471. The molecule has 0 spiro atoms. The first-order valence-electron chi connectivity index (χ1n) is 7.75. The van der Waals surface area contributed by atoms with Crippen LogP contribution in [0.4, 0.5) is 0 Å². The lowest BCUT2D eigenvalue weighted by molar-refractivity contribution is 0.145. The van der Waals surface area contributed by atoms with Gasteiger partial charge in [-0.1, -0.05) is 11.6 Å². The maximum Gasteiger partial charge on any atom is 0.0957 e. The van der Waals surface area contributed by atoms with Gasteiger partial charge in [-0.25, -0.2) is 4.99 Å². The Hall–Kier alpha value is -2.01. The largest absolute Gasteiger partial charge is 0.404 e. The molecule has 3 rings (SSSR count). The average Bonchev–Trinajstić information content (AvgIpc) is 2.49. The molecule has 0 aromatic heterocycles.